The average molecular weight is 1220 g/mol. The molecule has 0 radical (unpaired) electrons. The zero-order chi connectivity index (χ0) is 61.9. The first kappa shape index (κ1) is 83.7. The third-order valence-electron chi connectivity index (χ3n) is 17.6. The van der Waals surface area contributed by atoms with Gasteiger partial charge in [0.1, 0.15) is 13.2 Å². The number of allylic oxidation sites excluding steroid dienone is 5. The van der Waals surface area contributed by atoms with E-state index in [1.54, 1.807) is 6.08 Å². The van der Waals surface area contributed by atoms with Gasteiger partial charge < -0.3 is 28.8 Å². The molecule has 0 aliphatic carbocycles. The number of amides is 1. The predicted octanol–water partition coefficient (Wildman–Crippen LogP) is 23.8. The van der Waals surface area contributed by atoms with Crippen LogP contribution in [0, 0.1) is 0 Å². The van der Waals surface area contributed by atoms with Crippen LogP contribution in [0.1, 0.15) is 393 Å². The lowest BCUT2D eigenvalue weighted by Crippen LogP contribution is -2.45. The van der Waals surface area contributed by atoms with Crippen LogP contribution in [0.15, 0.2) is 36.5 Å². The van der Waals surface area contributed by atoms with E-state index in [0.717, 1.165) is 44.9 Å². The topological polar surface area (TPSA) is 108 Å². The van der Waals surface area contributed by atoms with E-state index < -0.39 is 20.0 Å². The number of hydrogen-bond acceptors (Lipinski definition) is 6. The SMILES string of the molecule is CCCCCCC/C=C\C/C=C\CCCCCCCCCCCCCCCCCCCCCCCCCCCC(=O)NC(COP(=O)([O-])OCC[N+](C)(C)C)C(O)/C=C/CCCCCCCCCCCCCCCCCCCCCCCCCC. The van der Waals surface area contributed by atoms with E-state index in [1.807, 2.05) is 27.2 Å². The molecule has 85 heavy (non-hydrogen) atoms. The number of unbranched alkanes of at least 4 members (excludes halogenated alkanes) is 54. The van der Waals surface area contributed by atoms with Crippen molar-refractivity contribution in [2.75, 3.05) is 40.9 Å². The smallest absolute Gasteiger partial charge is 0.268 e. The summed E-state index contributed by atoms with van der Waals surface area (Å²) in [6.07, 6.45) is 90.1. The van der Waals surface area contributed by atoms with Gasteiger partial charge in [-0.15, -0.1) is 0 Å². The fourth-order valence-electron chi connectivity index (χ4n) is 11.7. The molecule has 0 heterocycles. The zero-order valence-corrected chi connectivity index (χ0v) is 58.7. The van der Waals surface area contributed by atoms with Crippen molar-refractivity contribution >= 4 is 13.7 Å². The minimum absolute atomic E-state index is 0.00170. The van der Waals surface area contributed by atoms with Crippen molar-refractivity contribution in [3.8, 4) is 0 Å². The van der Waals surface area contributed by atoms with Gasteiger partial charge in [-0.2, -0.15) is 0 Å². The van der Waals surface area contributed by atoms with Gasteiger partial charge >= 0.3 is 0 Å². The van der Waals surface area contributed by atoms with Gasteiger partial charge in [0, 0.05) is 6.42 Å². The number of carbonyl (C=O) groups excluding carboxylic acids is 1. The number of aliphatic hydroxyl groups is 1. The highest BCUT2D eigenvalue weighted by Crippen LogP contribution is 2.38. The third kappa shape index (κ3) is 70.0. The molecule has 0 aromatic heterocycles. The predicted molar refractivity (Wildman–Crippen MR) is 372 cm³/mol. The molecule has 3 atom stereocenters. The zero-order valence-electron chi connectivity index (χ0n) is 57.8. The summed E-state index contributed by atoms with van der Waals surface area (Å²) in [5, 5.41) is 14.0. The van der Waals surface area contributed by atoms with Crippen LogP contribution in [-0.2, 0) is 18.4 Å². The van der Waals surface area contributed by atoms with Crippen LogP contribution >= 0.6 is 7.82 Å². The lowest BCUT2D eigenvalue weighted by molar-refractivity contribution is -0.870. The minimum Gasteiger partial charge on any atom is -0.756 e. The molecule has 0 saturated heterocycles. The Kier molecular flexibility index (Phi) is 66.1. The largest absolute Gasteiger partial charge is 0.756 e. The van der Waals surface area contributed by atoms with Gasteiger partial charge in [0.05, 0.1) is 39.9 Å². The molecule has 2 N–H and O–H groups in total. The summed E-state index contributed by atoms with van der Waals surface area (Å²) in [5.41, 5.74) is 0. The Morgan fingerprint density at radius 2 is 0.682 bits per heavy atom. The maximum Gasteiger partial charge on any atom is 0.268 e. The Bertz CT molecular complexity index is 1480. The number of carbonyl (C=O) groups is 1. The normalized spacial score (nSPS) is 13.7. The number of nitrogens with zero attached hydrogens (tertiary/aromatic N) is 1. The number of aliphatic hydroxyl groups excluding tert-OH is 1. The first-order valence-electron chi connectivity index (χ1n) is 37.9. The number of hydrogen-bond donors (Lipinski definition) is 2. The number of phosphoric ester groups is 1. The van der Waals surface area contributed by atoms with E-state index in [1.165, 1.54) is 327 Å². The maximum absolute atomic E-state index is 13.1. The first-order valence-corrected chi connectivity index (χ1v) is 39.3. The molecule has 9 heteroatoms. The van der Waals surface area contributed by atoms with Crippen LogP contribution in [0.4, 0.5) is 0 Å². The van der Waals surface area contributed by atoms with Crippen LogP contribution in [0.5, 0.6) is 0 Å². The van der Waals surface area contributed by atoms with E-state index in [-0.39, 0.29) is 19.1 Å². The second-order valence-electron chi connectivity index (χ2n) is 27.4. The molecule has 0 fully saturated rings. The summed E-state index contributed by atoms with van der Waals surface area (Å²) < 4.78 is 23.5. The Hall–Kier alpha value is -1.28. The second kappa shape index (κ2) is 67.1. The Morgan fingerprint density at radius 3 is 0.976 bits per heavy atom. The van der Waals surface area contributed by atoms with Crippen LogP contribution in [0.25, 0.3) is 0 Å². The molecule has 0 aliphatic rings. The van der Waals surface area contributed by atoms with Gasteiger partial charge in [-0.05, 0) is 51.4 Å². The average Bonchev–Trinajstić information content (AvgIpc) is 3.49. The molecule has 8 nitrogen and oxygen atoms in total. The number of nitrogens with one attached hydrogen (secondary N) is 1. The Morgan fingerprint density at radius 1 is 0.412 bits per heavy atom. The summed E-state index contributed by atoms with van der Waals surface area (Å²) >= 11 is 0. The van der Waals surface area contributed by atoms with Crippen LogP contribution in [0.3, 0.4) is 0 Å². The fraction of sp³-hybridized carbons (Fsp3) is 0.908. The summed E-state index contributed by atoms with van der Waals surface area (Å²) in [4.78, 5) is 25.7. The Balaban J connectivity index is 3.95. The van der Waals surface area contributed by atoms with Crippen LogP contribution in [-0.4, -0.2) is 68.5 Å². The van der Waals surface area contributed by atoms with Gasteiger partial charge in [-0.3, -0.25) is 9.36 Å². The molecule has 0 aromatic rings. The van der Waals surface area contributed by atoms with E-state index in [9.17, 15) is 19.4 Å². The highest BCUT2D eigenvalue weighted by Gasteiger charge is 2.23. The number of phosphoric acid groups is 1. The molecule has 0 saturated carbocycles. The fourth-order valence-corrected chi connectivity index (χ4v) is 12.4. The lowest BCUT2D eigenvalue weighted by atomic mass is 10.0. The summed E-state index contributed by atoms with van der Waals surface area (Å²) in [6.45, 7) is 4.70. The highest BCUT2D eigenvalue weighted by atomic mass is 31.2. The van der Waals surface area contributed by atoms with Crippen molar-refractivity contribution in [3.05, 3.63) is 36.5 Å². The molecule has 504 valence electrons. The molecule has 0 rings (SSSR count). The standard InChI is InChI=1S/C76H149N2O6P/c1-6-8-10-12-14-16-18-20-22-24-26-28-30-32-34-35-36-37-38-39-40-41-42-43-44-46-48-50-52-54-56-58-60-62-64-66-68-70-76(80)77-74(73-84-85(81,82)83-72-71-78(3,4)5)75(79)69-67-65-63-61-59-57-55-53-51-49-47-45-33-31-29-27-25-23-21-19-17-15-13-11-9-7-2/h18,20,24,26,67,69,74-75,79H,6-17,19,21-23,25,27-66,68,70-73H2,1-5H3,(H-,77,80,81,82)/b20-18-,26-24-,69-67+. The molecular weight excluding hydrogens is 1070 g/mol. The highest BCUT2D eigenvalue weighted by molar-refractivity contribution is 7.45. The summed E-state index contributed by atoms with van der Waals surface area (Å²) in [7, 11) is 1.28. The molecular formula is C76H149N2O6P. The lowest BCUT2D eigenvalue weighted by Gasteiger charge is -2.29. The van der Waals surface area contributed by atoms with E-state index in [4.69, 9.17) is 9.05 Å². The van der Waals surface area contributed by atoms with Gasteiger partial charge in [0.25, 0.3) is 7.82 Å². The Labute approximate surface area is 531 Å². The van der Waals surface area contributed by atoms with Crippen molar-refractivity contribution in [3.63, 3.8) is 0 Å². The van der Waals surface area contributed by atoms with Crippen molar-refractivity contribution in [2.24, 2.45) is 0 Å². The van der Waals surface area contributed by atoms with Crippen LogP contribution in [0.2, 0.25) is 0 Å². The first-order chi connectivity index (χ1) is 41.5. The summed E-state index contributed by atoms with van der Waals surface area (Å²) in [6, 6.07) is -0.886. The van der Waals surface area contributed by atoms with Crippen molar-refractivity contribution in [1.29, 1.82) is 0 Å². The summed E-state index contributed by atoms with van der Waals surface area (Å²) in [5.74, 6) is -0.188. The van der Waals surface area contributed by atoms with Crippen molar-refractivity contribution in [2.45, 2.75) is 405 Å². The molecule has 3 unspecified atom stereocenters. The number of quaternary nitrogens is 1. The van der Waals surface area contributed by atoms with Gasteiger partial charge in [0.15, 0.2) is 0 Å². The van der Waals surface area contributed by atoms with Crippen molar-refractivity contribution in [1.82, 2.24) is 5.32 Å². The van der Waals surface area contributed by atoms with Crippen LogP contribution < -0.4 is 10.2 Å². The molecule has 1 amide bonds. The van der Waals surface area contributed by atoms with E-state index in [2.05, 4.69) is 43.5 Å². The second-order valence-corrected chi connectivity index (χ2v) is 28.8. The third-order valence-corrected chi connectivity index (χ3v) is 18.6. The molecule has 0 bridgehead atoms. The molecule has 0 aromatic carbocycles. The monoisotopic (exact) mass is 1220 g/mol. The number of likely N-dealkylation sites (N-methyl/N-ethyl adjacent to an activating group) is 1. The van der Waals surface area contributed by atoms with E-state index in [0.29, 0.717) is 17.4 Å². The number of rotatable bonds is 71. The van der Waals surface area contributed by atoms with E-state index >= 15 is 0 Å². The van der Waals surface area contributed by atoms with Gasteiger partial charge in [-0.25, -0.2) is 0 Å². The molecule has 0 aliphatic heterocycles. The van der Waals surface area contributed by atoms with Gasteiger partial charge in [0.2, 0.25) is 5.91 Å². The van der Waals surface area contributed by atoms with Crippen molar-refractivity contribution < 1.29 is 32.9 Å². The quantitative estimate of drug-likeness (QED) is 0.0272. The minimum atomic E-state index is -4.60. The molecule has 0 spiro atoms. The van der Waals surface area contributed by atoms with Gasteiger partial charge in [-0.1, -0.05) is 371 Å². The maximum atomic E-state index is 13.1.